The summed E-state index contributed by atoms with van der Waals surface area (Å²) in [6.45, 7) is 3.09. The summed E-state index contributed by atoms with van der Waals surface area (Å²) in [4.78, 5) is 0. The van der Waals surface area contributed by atoms with E-state index in [-0.39, 0.29) is 5.75 Å². The van der Waals surface area contributed by atoms with E-state index in [0.717, 1.165) is 18.7 Å². The Morgan fingerprint density at radius 1 is 1.46 bits per heavy atom. The molecule has 13 heavy (non-hydrogen) atoms. The lowest BCUT2D eigenvalue weighted by atomic mass is 10.3. The SMILES string of the molecule is CCCCNc1ccc(O)c(Cl)c1. The van der Waals surface area contributed by atoms with E-state index in [1.54, 1.807) is 12.1 Å². The van der Waals surface area contributed by atoms with Crippen LogP contribution in [0.5, 0.6) is 5.75 Å². The van der Waals surface area contributed by atoms with Crippen LogP contribution in [-0.4, -0.2) is 11.7 Å². The molecule has 0 aliphatic rings. The van der Waals surface area contributed by atoms with Crippen molar-refractivity contribution >= 4 is 17.3 Å². The van der Waals surface area contributed by atoms with Crippen LogP contribution in [0, 0.1) is 0 Å². The van der Waals surface area contributed by atoms with Crippen molar-refractivity contribution in [1.29, 1.82) is 0 Å². The van der Waals surface area contributed by atoms with Crippen molar-refractivity contribution in [1.82, 2.24) is 0 Å². The Kier molecular flexibility index (Phi) is 3.90. The molecular weight excluding hydrogens is 186 g/mol. The number of anilines is 1. The molecule has 2 N–H and O–H groups in total. The standard InChI is InChI=1S/C10H14ClNO/c1-2-3-6-12-8-4-5-10(13)9(11)7-8/h4-5,7,12-13H,2-3,6H2,1H3. The number of nitrogens with one attached hydrogen (secondary N) is 1. The maximum atomic E-state index is 9.16. The lowest BCUT2D eigenvalue weighted by molar-refractivity contribution is 0.475. The first-order valence-electron chi connectivity index (χ1n) is 4.46. The fraction of sp³-hybridized carbons (Fsp3) is 0.400. The Morgan fingerprint density at radius 3 is 2.85 bits per heavy atom. The minimum absolute atomic E-state index is 0.128. The van der Waals surface area contributed by atoms with Crippen LogP contribution in [0.25, 0.3) is 0 Å². The Hall–Kier alpha value is -0.890. The van der Waals surface area contributed by atoms with Gasteiger partial charge >= 0.3 is 0 Å². The number of benzene rings is 1. The normalized spacial score (nSPS) is 10.0. The molecule has 0 bridgehead atoms. The molecule has 1 aromatic carbocycles. The van der Waals surface area contributed by atoms with Gasteiger partial charge in [-0.2, -0.15) is 0 Å². The number of phenols is 1. The second-order valence-corrected chi connectivity index (χ2v) is 3.35. The van der Waals surface area contributed by atoms with Gasteiger partial charge in [-0.1, -0.05) is 24.9 Å². The predicted octanol–water partition coefficient (Wildman–Crippen LogP) is 3.26. The van der Waals surface area contributed by atoms with Crippen LogP contribution in [0.1, 0.15) is 19.8 Å². The van der Waals surface area contributed by atoms with Gasteiger partial charge in [-0.25, -0.2) is 0 Å². The molecule has 1 rings (SSSR count). The third-order valence-electron chi connectivity index (χ3n) is 1.81. The van der Waals surface area contributed by atoms with E-state index in [1.165, 1.54) is 6.42 Å². The largest absolute Gasteiger partial charge is 0.506 e. The van der Waals surface area contributed by atoms with E-state index >= 15 is 0 Å². The first-order valence-corrected chi connectivity index (χ1v) is 4.84. The van der Waals surface area contributed by atoms with E-state index in [0.29, 0.717) is 5.02 Å². The average Bonchev–Trinajstić information content (AvgIpc) is 2.12. The minimum atomic E-state index is 0.128. The minimum Gasteiger partial charge on any atom is -0.506 e. The zero-order valence-corrected chi connectivity index (χ0v) is 8.43. The number of phenolic OH excluding ortho intramolecular Hbond substituents is 1. The second kappa shape index (κ2) is 4.97. The first-order chi connectivity index (χ1) is 6.24. The van der Waals surface area contributed by atoms with E-state index in [2.05, 4.69) is 12.2 Å². The summed E-state index contributed by atoms with van der Waals surface area (Å²) in [7, 11) is 0. The van der Waals surface area contributed by atoms with Gasteiger partial charge in [0.2, 0.25) is 0 Å². The highest BCUT2D eigenvalue weighted by atomic mass is 35.5. The fourth-order valence-electron chi connectivity index (χ4n) is 1.03. The van der Waals surface area contributed by atoms with Gasteiger partial charge in [0.25, 0.3) is 0 Å². The van der Waals surface area contributed by atoms with Gasteiger partial charge < -0.3 is 10.4 Å². The third-order valence-corrected chi connectivity index (χ3v) is 2.11. The van der Waals surface area contributed by atoms with Crippen molar-refractivity contribution in [2.75, 3.05) is 11.9 Å². The molecule has 0 saturated carbocycles. The Balaban J connectivity index is 2.53. The molecule has 0 radical (unpaired) electrons. The quantitative estimate of drug-likeness (QED) is 0.576. The molecule has 0 aromatic heterocycles. The average molecular weight is 200 g/mol. The topological polar surface area (TPSA) is 32.3 Å². The highest BCUT2D eigenvalue weighted by molar-refractivity contribution is 6.32. The molecule has 0 heterocycles. The van der Waals surface area contributed by atoms with Gasteiger partial charge in [-0.3, -0.25) is 0 Å². The van der Waals surface area contributed by atoms with Crippen molar-refractivity contribution in [3.63, 3.8) is 0 Å². The van der Waals surface area contributed by atoms with Crippen LogP contribution >= 0.6 is 11.6 Å². The van der Waals surface area contributed by atoms with Gasteiger partial charge in [0.1, 0.15) is 5.75 Å². The summed E-state index contributed by atoms with van der Waals surface area (Å²) in [6.07, 6.45) is 2.30. The molecule has 0 aliphatic carbocycles. The summed E-state index contributed by atoms with van der Waals surface area (Å²) in [5.74, 6) is 0.128. The maximum Gasteiger partial charge on any atom is 0.134 e. The molecular formula is C10H14ClNO. The fourth-order valence-corrected chi connectivity index (χ4v) is 1.21. The number of aromatic hydroxyl groups is 1. The molecule has 0 spiro atoms. The second-order valence-electron chi connectivity index (χ2n) is 2.95. The molecule has 0 fully saturated rings. The van der Waals surface area contributed by atoms with Gasteiger partial charge in [-0.05, 0) is 24.6 Å². The predicted molar refractivity (Wildman–Crippen MR) is 56.5 cm³/mol. The Labute approximate surface area is 83.5 Å². The molecule has 72 valence electrons. The molecule has 0 saturated heterocycles. The van der Waals surface area contributed by atoms with Gasteiger partial charge in [0.05, 0.1) is 5.02 Å². The molecule has 3 heteroatoms. The summed E-state index contributed by atoms with van der Waals surface area (Å²) in [5, 5.41) is 12.8. The molecule has 0 atom stereocenters. The van der Waals surface area contributed by atoms with Gasteiger partial charge in [0.15, 0.2) is 0 Å². The summed E-state index contributed by atoms with van der Waals surface area (Å²) < 4.78 is 0. The van der Waals surface area contributed by atoms with Crippen LogP contribution in [-0.2, 0) is 0 Å². The number of halogens is 1. The smallest absolute Gasteiger partial charge is 0.134 e. The zero-order chi connectivity index (χ0) is 9.68. The van der Waals surface area contributed by atoms with Gasteiger partial charge in [-0.15, -0.1) is 0 Å². The van der Waals surface area contributed by atoms with E-state index < -0.39 is 0 Å². The van der Waals surface area contributed by atoms with Crippen molar-refractivity contribution in [2.24, 2.45) is 0 Å². The van der Waals surface area contributed by atoms with Crippen molar-refractivity contribution in [2.45, 2.75) is 19.8 Å². The monoisotopic (exact) mass is 199 g/mol. The van der Waals surface area contributed by atoms with E-state index in [4.69, 9.17) is 16.7 Å². The van der Waals surface area contributed by atoms with Crippen molar-refractivity contribution in [3.05, 3.63) is 23.2 Å². The van der Waals surface area contributed by atoms with Crippen molar-refractivity contribution < 1.29 is 5.11 Å². The number of rotatable bonds is 4. The Morgan fingerprint density at radius 2 is 2.23 bits per heavy atom. The first kappa shape index (κ1) is 10.2. The maximum absolute atomic E-state index is 9.16. The van der Waals surface area contributed by atoms with Crippen LogP contribution in [0.3, 0.4) is 0 Å². The molecule has 0 aliphatic heterocycles. The Bertz CT molecular complexity index is 276. The van der Waals surface area contributed by atoms with Gasteiger partial charge in [0, 0.05) is 12.2 Å². The van der Waals surface area contributed by atoms with Crippen LogP contribution in [0.2, 0.25) is 5.02 Å². The van der Waals surface area contributed by atoms with E-state index in [1.807, 2.05) is 6.07 Å². The number of hydrogen-bond donors (Lipinski definition) is 2. The van der Waals surface area contributed by atoms with Crippen LogP contribution < -0.4 is 5.32 Å². The molecule has 0 unspecified atom stereocenters. The highest BCUT2D eigenvalue weighted by Gasteiger charge is 1.98. The summed E-state index contributed by atoms with van der Waals surface area (Å²) >= 11 is 5.74. The molecule has 1 aromatic rings. The highest BCUT2D eigenvalue weighted by Crippen LogP contribution is 2.25. The zero-order valence-electron chi connectivity index (χ0n) is 7.68. The lowest BCUT2D eigenvalue weighted by Crippen LogP contribution is -2.00. The van der Waals surface area contributed by atoms with Crippen molar-refractivity contribution in [3.8, 4) is 5.75 Å². The van der Waals surface area contributed by atoms with E-state index in [9.17, 15) is 0 Å². The molecule has 2 nitrogen and oxygen atoms in total. The van der Waals surface area contributed by atoms with Crippen LogP contribution in [0.4, 0.5) is 5.69 Å². The number of unbranched alkanes of at least 4 members (excludes halogenated alkanes) is 1. The molecule has 0 amide bonds. The third kappa shape index (κ3) is 3.15. The number of hydrogen-bond acceptors (Lipinski definition) is 2. The lowest BCUT2D eigenvalue weighted by Gasteiger charge is -2.05. The van der Waals surface area contributed by atoms with Crippen LogP contribution in [0.15, 0.2) is 18.2 Å². The summed E-state index contributed by atoms with van der Waals surface area (Å²) in [6, 6.07) is 5.14. The summed E-state index contributed by atoms with van der Waals surface area (Å²) in [5.41, 5.74) is 0.955.